The van der Waals surface area contributed by atoms with Gasteiger partial charge in [-0.05, 0) is 59.4 Å². The number of rotatable bonds is 14. The Morgan fingerprint density at radius 2 is 0.821 bits per heavy atom. The first-order valence-electron chi connectivity index (χ1n) is 14.2. The van der Waals surface area contributed by atoms with Crippen LogP contribution >= 0.6 is 0 Å². The Morgan fingerprint density at radius 3 is 1.31 bits per heavy atom. The Bertz CT molecular complexity index is 1300. The Kier molecular flexibility index (Phi) is 10.5. The zero-order chi connectivity index (χ0) is 27.5. The summed E-state index contributed by atoms with van der Waals surface area (Å²) < 4.78 is 41.8. The van der Waals surface area contributed by atoms with Crippen LogP contribution in [0.4, 0.5) is 8.78 Å². The van der Waals surface area contributed by atoms with E-state index < -0.39 is 11.6 Å². The molecule has 4 aromatic rings. The third kappa shape index (κ3) is 7.69. The molecular formula is C35H38F2O2. The molecule has 204 valence electrons. The van der Waals surface area contributed by atoms with E-state index >= 15 is 8.78 Å². The van der Waals surface area contributed by atoms with Crippen molar-refractivity contribution in [2.24, 2.45) is 0 Å². The molecule has 0 unspecified atom stereocenters. The number of ether oxygens (including phenoxy) is 2. The van der Waals surface area contributed by atoms with E-state index in [4.69, 9.17) is 9.47 Å². The van der Waals surface area contributed by atoms with Gasteiger partial charge in [-0.2, -0.15) is 0 Å². The van der Waals surface area contributed by atoms with Gasteiger partial charge in [0, 0.05) is 11.1 Å². The Morgan fingerprint density at radius 1 is 0.436 bits per heavy atom. The van der Waals surface area contributed by atoms with E-state index in [1.165, 1.54) is 25.7 Å². The predicted octanol–water partition coefficient (Wildman–Crippen LogP) is 10.5. The average Bonchev–Trinajstić information content (AvgIpc) is 2.97. The summed E-state index contributed by atoms with van der Waals surface area (Å²) >= 11 is 0. The van der Waals surface area contributed by atoms with Crippen LogP contribution in [0.25, 0.3) is 33.4 Å². The molecule has 4 heteroatoms. The highest BCUT2D eigenvalue weighted by Gasteiger charge is 2.16. The largest absolute Gasteiger partial charge is 0.494 e. The Balaban J connectivity index is 1.40. The average molecular weight is 529 g/mol. The summed E-state index contributed by atoms with van der Waals surface area (Å²) in [5, 5.41) is 0. The molecule has 0 atom stereocenters. The van der Waals surface area contributed by atoms with E-state index in [0.29, 0.717) is 17.7 Å². The number of unbranched alkanes of at least 4 members (excludes halogenated alkanes) is 5. The molecule has 0 aliphatic carbocycles. The van der Waals surface area contributed by atoms with E-state index in [1.54, 1.807) is 36.4 Å². The lowest BCUT2D eigenvalue weighted by Gasteiger charge is -2.11. The smallest absolute Gasteiger partial charge is 0.167 e. The van der Waals surface area contributed by atoms with Gasteiger partial charge in [0.15, 0.2) is 11.6 Å². The molecule has 0 amide bonds. The van der Waals surface area contributed by atoms with Gasteiger partial charge in [-0.1, -0.05) is 107 Å². The maximum atomic E-state index is 15.2. The molecule has 0 saturated heterocycles. The first-order chi connectivity index (χ1) is 19.1. The molecular weight excluding hydrogens is 490 g/mol. The number of benzene rings is 4. The second-order valence-corrected chi connectivity index (χ2v) is 9.88. The maximum absolute atomic E-state index is 15.2. The van der Waals surface area contributed by atoms with Crippen LogP contribution in [0.1, 0.15) is 58.8 Å². The Hall–Kier alpha value is -3.66. The molecule has 0 aliphatic heterocycles. The van der Waals surface area contributed by atoms with Crippen LogP contribution in [0.5, 0.6) is 11.5 Å². The number of hydrogen-bond acceptors (Lipinski definition) is 2. The van der Waals surface area contributed by atoms with E-state index in [1.807, 2.05) is 48.5 Å². The van der Waals surface area contributed by atoms with Crippen molar-refractivity contribution in [2.75, 3.05) is 13.2 Å². The van der Waals surface area contributed by atoms with Gasteiger partial charge >= 0.3 is 0 Å². The summed E-state index contributed by atoms with van der Waals surface area (Å²) in [6.45, 7) is 5.70. The lowest BCUT2D eigenvalue weighted by Crippen LogP contribution is -1.97. The van der Waals surface area contributed by atoms with Gasteiger partial charge in [0.05, 0.1) is 13.2 Å². The predicted molar refractivity (Wildman–Crippen MR) is 157 cm³/mol. The van der Waals surface area contributed by atoms with Gasteiger partial charge in [0.25, 0.3) is 0 Å². The zero-order valence-electron chi connectivity index (χ0n) is 23.0. The molecule has 2 nitrogen and oxygen atoms in total. The summed E-state index contributed by atoms with van der Waals surface area (Å²) in [5.41, 5.74) is 3.76. The summed E-state index contributed by atoms with van der Waals surface area (Å²) in [4.78, 5) is 0. The highest BCUT2D eigenvalue weighted by Crippen LogP contribution is 2.33. The molecule has 0 heterocycles. The van der Waals surface area contributed by atoms with Crippen LogP contribution in [-0.2, 0) is 0 Å². The molecule has 0 aromatic heterocycles. The first kappa shape index (κ1) is 28.4. The van der Waals surface area contributed by atoms with Crippen molar-refractivity contribution in [2.45, 2.75) is 58.8 Å². The number of hydrogen-bond donors (Lipinski definition) is 0. The summed E-state index contributed by atoms with van der Waals surface area (Å²) in [6, 6.07) is 25.9. The fourth-order valence-corrected chi connectivity index (χ4v) is 4.54. The summed E-state index contributed by atoms with van der Waals surface area (Å²) in [6.07, 6.45) is 8.09. The van der Waals surface area contributed by atoms with Gasteiger partial charge < -0.3 is 9.47 Å². The lowest BCUT2D eigenvalue weighted by molar-refractivity contribution is 0.304. The second kappa shape index (κ2) is 14.5. The molecule has 4 rings (SSSR count). The third-order valence-corrected chi connectivity index (χ3v) is 6.91. The minimum absolute atomic E-state index is 0.233. The molecule has 0 fully saturated rings. The van der Waals surface area contributed by atoms with Crippen molar-refractivity contribution in [3.63, 3.8) is 0 Å². The fourth-order valence-electron chi connectivity index (χ4n) is 4.54. The molecule has 0 bridgehead atoms. The van der Waals surface area contributed by atoms with Gasteiger partial charge in [-0.15, -0.1) is 0 Å². The van der Waals surface area contributed by atoms with Crippen molar-refractivity contribution < 1.29 is 18.3 Å². The maximum Gasteiger partial charge on any atom is 0.167 e. The molecule has 0 radical (unpaired) electrons. The minimum atomic E-state index is -0.850. The molecule has 39 heavy (non-hydrogen) atoms. The molecule has 4 aromatic carbocycles. The van der Waals surface area contributed by atoms with E-state index in [2.05, 4.69) is 13.8 Å². The summed E-state index contributed by atoms with van der Waals surface area (Å²) in [7, 11) is 0. The molecule has 0 saturated carbocycles. The van der Waals surface area contributed by atoms with E-state index in [0.717, 1.165) is 48.5 Å². The van der Waals surface area contributed by atoms with Crippen molar-refractivity contribution in [1.29, 1.82) is 0 Å². The van der Waals surface area contributed by atoms with Gasteiger partial charge in [-0.3, -0.25) is 0 Å². The highest BCUT2D eigenvalue weighted by atomic mass is 19.2. The van der Waals surface area contributed by atoms with Gasteiger partial charge in [-0.25, -0.2) is 8.78 Å². The third-order valence-electron chi connectivity index (χ3n) is 6.91. The molecule has 0 spiro atoms. The van der Waals surface area contributed by atoms with Crippen molar-refractivity contribution >= 4 is 0 Å². The van der Waals surface area contributed by atoms with Crippen molar-refractivity contribution in [3.05, 3.63) is 96.6 Å². The zero-order valence-corrected chi connectivity index (χ0v) is 23.0. The molecule has 0 N–H and O–H groups in total. The monoisotopic (exact) mass is 528 g/mol. The summed E-state index contributed by atoms with van der Waals surface area (Å²) in [5.74, 6) is -0.108. The van der Waals surface area contributed by atoms with Crippen LogP contribution in [0.15, 0.2) is 84.9 Å². The standard InChI is InChI=1S/C35H38F2O2/c1-3-5-7-8-9-25-39-30-18-14-27(15-19-30)26-10-12-28(13-11-26)32-22-23-33(35(37)34(32)36)29-16-20-31(21-17-29)38-24-6-4-2/h10-23H,3-9,24-25H2,1-2H3. The minimum Gasteiger partial charge on any atom is -0.494 e. The Labute approximate surface area is 231 Å². The van der Waals surface area contributed by atoms with E-state index in [9.17, 15) is 0 Å². The fraction of sp³-hybridized carbons (Fsp3) is 0.314. The van der Waals surface area contributed by atoms with E-state index in [-0.39, 0.29) is 11.1 Å². The van der Waals surface area contributed by atoms with Crippen LogP contribution in [0.3, 0.4) is 0 Å². The quantitative estimate of drug-likeness (QED) is 0.152. The van der Waals surface area contributed by atoms with Gasteiger partial charge in [0.1, 0.15) is 11.5 Å². The lowest BCUT2D eigenvalue weighted by atomic mass is 9.97. The van der Waals surface area contributed by atoms with Crippen LogP contribution < -0.4 is 9.47 Å². The van der Waals surface area contributed by atoms with Crippen LogP contribution in [-0.4, -0.2) is 13.2 Å². The van der Waals surface area contributed by atoms with Crippen molar-refractivity contribution in [1.82, 2.24) is 0 Å². The van der Waals surface area contributed by atoms with Gasteiger partial charge in [0.2, 0.25) is 0 Å². The SMILES string of the molecule is CCCCCCCOc1ccc(-c2ccc(-c3ccc(-c4ccc(OCCCC)cc4)c(F)c3F)cc2)cc1. The van der Waals surface area contributed by atoms with Crippen LogP contribution in [0, 0.1) is 11.6 Å². The van der Waals surface area contributed by atoms with Crippen LogP contribution in [0.2, 0.25) is 0 Å². The number of halogens is 2. The topological polar surface area (TPSA) is 18.5 Å². The molecule has 0 aliphatic rings. The first-order valence-corrected chi connectivity index (χ1v) is 14.2. The normalized spacial score (nSPS) is 11.0. The highest BCUT2D eigenvalue weighted by molar-refractivity contribution is 5.74. The second-order valence-electron chi connectivity index (χ2n) is 9.88. The van der Waals surface area contributed by atoms with Crippen molar-refractivity contribution in [3.8, 4) is 44.9 Å².